The normalized spacial score (nSPS) is 10.5. The topological polar surface area (TPSA) is 50.4 Å². The first-order chi connectivity index (χ1) is 6.18. The molecule has 0 saturated heterocycles. The first-order valence-corrected chi connectivity index (χ1v) is 3.89. The van der Waals surface area contributed by atoms with Gasteiger partial charge in [0.2, 0.25) is 0 Å². The van der Waals surface area contributed by atoms with Crippen LogP contribution in [0.1, 0.15) is 15.9 Å². The van der Waals surface area contributed by atoms with E-state index in [9.17, 15) is 4.79 Å². The van der Waals surface area contributed by atoms with Crippen LogP contribution < -0.4 is 0 Å². The van der Waals surface area contributed by atoms with Crippen molar-refractivity contribution in [3.8, 4) is 0 Å². The molecule has 0 bridgehead atoms. The van der Waals surface area contributed by atoms with E-state index in [1.165, 1.54) is 6.07 Å². The van der Waals surface area contributed by atoms with Crippen molar-refractivity contribution in [2.45, 2.75) is 6.92 Å². The van der Waals surface area contributed by atoms with Crippen molar-refractivity contribution in [1.29, 1.82) is 0 Å². The van der Waals surface area contributed by atoms with Crippen molar-refractivity contribution >= 4 is 16.9 Å². The monoisotopic (exact) mass is 176 g/mol. The first-order valence-electron chi connectivity index (χ1n) is 3.89. The third-order valence-electron chi connectivity index (χ3n) is 2.01. The van der Waals surface area contributed by atoms with E-state index >= 15 is 0 Å². The summed E-state index contributed by atoms with van der Waals surface area (Å²) in [6, 6.07) is 4.83. The SMILES string of the molecule is Cc1coc2ccc(C(=O)O)cc12. The fraction of sp³-hybridized carbons (Fsp3) is 0.100. The second-order valence-electron chi connectivity index (χ2n) is 2.93. The predicted octanol–water partition coefficient (Wildman–Crippen LogP) is 2.44. The van der Waals surface area contributed by atoms with E-state index in [-0.39, 0.29) is 5.56 Å². The number of hydrogen-bond donors (Lipinski definition) is 1. The van der Waals surface area contributed by atoms with Crippen molar-refractivity contribution in [3.63, 3.8) is 0 Å². The summed E-state index contributed by atoms with van der Waals surface area (Å²) in [5, 5.41) is 9.60. The Morgan fingerprint density at radius 1 is 1.46 bits per heavy atom. The number of carboxylic acids is 1. The smallest absolute Gasteiger partial charge is 0.335 e. The number of rotatable bonds is 1. The molecule has 0 radical (unpaired) electrons. The molecule has 0 unspecified atom stereocenters. The van der Waals surface area contributed by atoms with Gasteiger partial charge in [-0.05, 0) is 30.7 Å². The van der Waals surface area contributed by atoms with Gasteiger partial charge < -0.3 is 9.52 Å². The molecule has 13 heavy (non-hydrogen) atoms. The van der Waals surface area contributed by atoms with Gasteiger partial charge in [0.15, 0.2) is 0 Å². The molecule has 1 N–H and O–H groups in total. The molecule has 0 aliphatic heterocycles. The number of carboxylic acid groups (broad SMARTS) is 1. The molecule has 2 rings (SSSR count). The molecule has 0 saturated carbocycles. The number of carbonyl (C=O) groups is 1. The molecule has 0 aliphatic carbocycles. The van der Waals surface area contributed by atoms with Gasteiger partial charge in [-0.15, -0.1) is 0 Å². The number of aromatic carboxylic acids is 1. The van der Waals surface area contributed by atoms with Crippen molar-refractivity contribution in [3.05, 3.63) is 35.6 Å². The van der Waals surface area contributed by atoms with Gasteiger partial charge in [-0.1, -0.05) is 0 Å². The van der Waals surface area contributed by atoms with E-state index in [1.807, 2.05) is 6.92 Å². The standard InChI is InChI=1S/C10H8O3/c1-6-5-13-9-3-2-7(10(11)12)4-8(6)9/h2-5H,1H3,(H,11,12). The fourth-order valence-electron chi connectivity index (χ4n) is 1.29. The highest BCUT2D eigenvalue weighted by atomic mass is 16.4. The van der Waals surface area contributed by atoms with Crippen LogP contribution in [0, 0.1) is 6.92 Å². The van der Waals surface area contributed by atoms with E-state index in [1.54, 1.807) is 18.4 Å². The molecule has 1 aromatic carbocycles. The van der Waals surface area contributed by atoms with Crippen molar-refractivity contribution in [2.24, 2.45) is 0 Å². The van der Waals surface area contributed by atoms with Crippen LogP contribution in [0.2, 0.25) is 0 Å². The second kappa shape index (κ2) is 2.62. The molecule has 0 atom stereocenters. The Bertz CT molecular complexity index is 468. The molecule has 0 spiro atoms. The summed E-state index contributed by atoms with van der Waals surface area (Å²) in [4.78, 5) is 10.6. The minimum atomic E-state index is -0.914. The number of furan rings is 1. The van der Waals surface area contributed by atoms with Gasteiger partial charge in [-0.2, -0.15) is 0 Å². The average Bonchev–Trinajstić information content (AvgIpc) is 2.47. The lowest BCUT2D eigenvalue weighted by molar-refractivity contribution is 0.0697. The molecule has 3 heteroatoms. The van der Waals surface area contributed by atoms with Gasteiger partial charge in [0.1, 0.15) is 5.58 Å². The largest absolute Gasteiger partial charge is 0.478 e. The molecular formula is C10H8O3. The van der Waals surface area contributed by atoms with Gasteiger partial charge in [-0.3, -0.25) is 0 Å². The Kier molecular flexibility index (Phi) is 1.59. The number of hydrogen-bond acceptors (Lipinski definition) is 2. The summed E-state index contributed by atoms with van der Waals surface area (Å²) >= 11 is 0. The third-order valence-corrected chi connectivity index (χ3v) is 2.01. The van der Waals surface area contributed by atoms with Crippen molar-refractivity contribution in [2.75, 3.05) is 0 Å². The maximum absolute atomic E-state index is 10.6. The first kappa shape index (κ1) is 7.86. The number of fused-ring (bicyclic) bond motifs is 1. The Labute approximate surface area is 74.6 Å². The predicted molar refractivity (Wildman–Crippen MR) is 47.9 cm³/mol. The summed E-state index contributed by atoms with van der Waals surface area (Å²) in [5.74, 6) is -0.914. The van der Waals surface area contributed by atoms with Gasteiger partial charge >= 0.3 is 5.97 Å². The van der Waals surface area contributed by atoms with Gasteiger partial charge in [0, 0.05) is 5.39 Å². The van der Waals surface area contributed by atoms with E-state index < -0.39 is 5.97 Å². The summed E-state index contributed by atoms with van der Waals surface area (Å²) in [7, 11) is 0. The highest BCUT2D eigenvalue weighted by Crippen LogP contribution is 2.21. The fourth-order valence-corrected chi connectivity index (χ4v) is 1.29. The van der Waals surface area contributed by atoms with E-state index in [0.717, 1.165) is 16.5 Å². The zero-order valence-electron chi connectivity index (χ0n) is 7.07. The highest BCUT2D eigenvalue weighted by Gasteiger charge is 2.06. The Balaban J connectivity index is 2.72. The lowest BCUT2D eigenvalue weighted by atomic mass is 10.1. The zero-order chi connectivity index (χ0) is 9.42. The van der Waals surface area contributed by atoms with Crippen LogP contribution >= 0.6 is 0 Å². The Morgan fingerprint density at radius 3 is 2.92 bits per heavy atom. The highest BCUT2D eigenvalue weighted by molar-refractivity contribution is 5.93. The van der Waals surface area contributed by atoms with Crippen LogP contribution in [0.25, 0.3) is 11.0 Å². The Morgan fingerprint density at radius 2 is 2.23 bits per heavy atom. The van der Waals surface area contributed by atoms with Crippen molar-refractivity contribution in [1.82, 2.24) is 0 Å². The van der Waals surface area contributed by atoms with Crippen LogP contribution in [0.3, 0.4) is 0 Å². The molecule has 0 aliphatic rings. The van der Waals surface area contributed by atoms with Gasteiger partial charge in [-0.25, -0.2) is 4.79 Å². The quantitative estimate of drug-likeness (QED) is 0.725. The molecule has 0 fully saturated rings. The van der Waals surface area contributed by atoms with Crippen molar-refractivity contribution < 1.29 is 14.3 Å². The van der Waals surface area contributed by atoms with Crippen LogP contribution in [-0.4, -0.2) is 11.1 Å². The van der Waals surface area contributed by atoms with E-state index in [2.05, 4.69) is 0 Å². The minimum Gasteiger partial charge on any atom is -0.478 e. The maximum Gasteiger partial charge on any atom is 0.335 e. The Hall–Kier alpha value is -1.77. The van der Waals surface area contributed by atoms with Crippen LogP contribution in [-0.2, 0) is 0 Å². The van der Waals surface area contributed by atoms with E-state index in [0.29, 0.717) is 0 Å². The molecular weight excluding hydrogens is 168 g/mol. The minimum absolute atomic E-state index is 0.289. The molecule has 3 nitrogen and oxygen atoms in total. The molecule has 66 valence electrons. The van der Waals surface area contributed by atoms with Crippen LogP contribution in [0.5, 0.6) is 0 Å². The average molecular weight is 176 g/mol. The second-order valence-corrected chi connectivity index (χ2v) is 2.93. The summed E-state index contributed by atoms with van der Waals surface area (Å²) in [6.45, 7) is 1.89. The molecule has 0 amide bonds. The van der Waals surface area contributed by atoms with E-state index in [4.69, 9.17) is 9.52 Å². The third kappa shape index (κ3) is 1.18. The molecule has 1 heterocycles. The zero-order valence-corrected chi connectivity index (χ0v) is 7.07. The van der Waals surface area contributed by atoms with Crippen LogP contribution in [0.4, 0.5) is 0 Å². The van der Waals surface area contributed by atoms with Gasteiger partial charge in [0.05, 0.1) is 11.8 Å². The number of aryl methyl sites for hydroxylation is 1. The molecule has 1 aromatic heterocycles. The number of benzene rings is 1. The van der Waals surface area contributed by atoms with Gasteiger partial charge in [0.25, 0.3) is 0 Å². The van der Waals surface area contributed by atoms with Crippen LogP contribution in [0.15, 0.2) is 28.9 Å². The summed E-state index contributed by atoms with van der Waals surface area (Å²) in [5.41, 5.74) is 1.97. The maximum atomic E-state index is 10.6. The lowest BCUT2D eigenvalue weighted by Crippen LogP contribution is -1.94. The summed E-state index contributed by atoms with van der Waals surface area (Å²) < 4.78 is 5.19. The molecule has 2 aromatic rings. The summed E-state index contributed by atoms with van der Waals surface area (Å²) in [6.07, 6.45) is 1.62. The lowest BCUT2D eigenvalue weighted by Gasteiger charge is -1.93.